The highest BCUT2D eigenvalue weighted by atomic mass is 32.2. The van der Waals surface area contributed by atoms with Crippen molar-refractivity contribution in [2.75, 3.05) is 7.11 Å². The molecule has 1 amide bonds. The van der Waals surface area contributed by atoms with Gasteiger partial charge in [0.15, 0.2) is 0 Å². The first kappa shape index (κ1) is 23.2. The summed E-state index contributed by atoms with van der Waals surface area (Å²) in [4.78, 5) is 23.9. The molecule has 30 heavy (non-hydrogen) atoms. The van der Waals surface area contributed by atoms with Crippen molar-refractivity contribution in [1.29, 1.82) is 0 Å². The maximum atomic E-state index is 12.3. The lowest BCUT2D eigenvalue weighted by atomic mass is 10.0. The van der Waals surface area contributed by atoms with Crippen LogP contribution in [0.15, 0.2) is 59.5 Å². The Balaban J connectivity index is 2.18. The summed E-state index contributed by atoms with van der Waals surface area (Å²) < 4.78 is 39.7. The lowest BCUT2D eigenvalue weighted by Gasteiger charge is -2.23. The summed E-state index contributed by atoms with van der Waals surface area (Å²) in [5, 5.41) is 2.63. The largest absolute Gasteiger partial charge is 0.469 e. The molecule has 0 aliphatic carbocycles. The molecule has 1 unspecified atom stereocenters. The summed E-state index contributed by atoms with van der Waals surface area (Å²) in [6.45, 7) is 5.17. The fourth-order valence-corrected chi connectivity index (χ4v) is 3.42. The molecule has 2 aromatic rings. The van der Waals surface area contributed by atoms with Crippen molar-refractivity contribution < 1.29 is 31.7 Å². The van der Waals surface area contributed by atoms with Crippen LogP contribution in [0.25, 0.3) is 0 Å². The second kappa shape index (κ2) is 9.62. The highest BCUT2D eigenvalue weighted by molar-refractivity contribution is 7.87. The molecule has 0 heterocycles. The van der Waals surface area contributed by atoms with Crippen LogP contribution in [0, 0.1) is 0 Å². The normalized spacial score (nSPS) is 12.5. The minimum Gasteiger partial charge on any atom is -0.469 e. The molecule has 1 N–H and O–H groups in total. The summed E-state index contributed by atoms with van der Waals surface area (Å²) in [7, 11) is -2.72. The van der Waals surface area contributed by atoms with Gasteiger partial charge in [-0.05, 0) is 50.6 Å². The number of hydrogen-bond acceptors (Lipinski definition) is 7. The number of benzene rings is 2. The standard InChI is InChI=1S/C21H25NO7S/c1-21(2,3)28-20(24)22-18(14-19(23)27-4)15-10-12-16(13-11-15)29-30(25,26)17-8-6-5-7-9-17/h5-13,18H,14H2,1-4H3,(H,22,24). The quantitative estimate of drug-likeness (QED) is 0.523. The molecule has 0 bridgehead atoms. The summed E-state index contributed by atoms with van der Waals surface area (Å²) in [6.07, 6.45) is -0.818. The molecular weight excluding hydrogens is 410 g/mol. The van der Waals surface area contributed by atoms with Crippen molar-refractivity contribution in [1.82, 2.24) is 5.32 Å². The van der Waals surface area contributed by atoms with Crippen LogP contribution in [-0.2, 0) is 24.4 Å². The Morgan fingerprint density at radius 2 is 1.60 bits per heavy atom. The van der Waals surface area contributed by atoms with Crippen LogP contribution in [0.4, 0.5) is 4.79 Å². The van der Waals surface area contributed by atoms with Gasteiger partial charge in [-0.3, -0.25) is 4.79 Å². The Morgan fingerprint density at radius 3 is 2.13 bits per heavy atom. The van der Waals surface area contributed by atoms with E-state index in [1.165, 1.54) is 31.4 Å². The predicted molar refractivity (Wildman–Crippen MR) is 109 cm³/mol. The van der Waals surface area contributed by atoms with Crippen molar-refractivity contribution in [3.8, 4) is 5.75 Å². The molecule has 0 fully saturated rings. The van der Waals surface area contributed by atoms with Gasteiger partial charge >= 0.3 is 22.2 Å². The van der Waals surface area contributed by atoms with Crippen LogP contribution in [0.1, 0.15) is 38.8 Å². The van der Waals surface area contributed by atoms with Gasteiger partial charge in [0.05, 0.1) is 19.6 Å². The minimum atomic E-state index is -3.97. The van der Waals surface area contributed by atoms with Gasteiger partial charge in [-0.1, -0.05) is 30.3 Å². The predicted octanol–water partition coefficient (Wildman–Crippen LogP) is 3.58. The maximum Gasteiger partial charge on any atom is 0.408 e. The van der Waals surface area contributed by atoms with Gasteiger partial charge < -0.3 is 19.0 Å². The molecule has 0 radical (unpaired) electrons. The molecule has 1 atom stereocenters. The Kier molecular flexibility index (Phi) is 7.44. The topological polar surface area (TPSA) is 108 Å². The first-order valence-electron chi connectivity index (χ1n) is 9.16. The van der Waals surface area contributed by atoms with Crippen LogP contribution in [-0.4, -0.2) is 33.2 Å². The van der Waals surface area contributed by atoms with E-state index in [-0.39, 0.29) is 17.1 Å². The van der Waals surface area contributed by atoms with E-state index >= 15 is 0 Å². The molecule has 0 aromatic heterocycles. The van der Waals surface area contributed by atoms with E-state index in [9.17, 15) is 18.0 Å². The maximum absolute atomic E-state index is 12.3. The third kappa shape index (κ3) is 7.07. The van der Waals surface area contributed by atoms with Crippen molar-refractivity contribution >= 4 is 22.2 Å². The van der Waals surface area contributed by atoms with E-state index in [0.717, 1.165) is 0 Å². The molecule has 0 saturated carbocycles. The Labute approximate surface area is 176 Å². The zero-order valence-corrected chi connectivity index (χ0v) is 18.1. The average molecular weight is 435 g/mol. The van der Waals surface area contributed by atoms with Crippen molar-refractivity contribution in [3.05, 3.63) is 60.2 Å². The number of carbonyl (C=O) groups is 2. The number of alkyl carbamates (subject to hydrolysis) is 1. The zero-order valence-electron chi connectivity index (χ0n) is 17.2. The molecule has 9 heteroatoms. The van der Waals surface area contributed by atoms with Gasteiger partial charge in [0.1, 0.15) is 16.2 Å². The molecule has 0 saturated heterocycles. The third-order valence-electron chi connectivity index (χ3n) is 3.81. The van der Waals surface area contributed by atoms with E-state index < -0.39 is 33.8 Å². The van der Waals surface area contributed by atoms with Crippen LogP contribution in [0.2, 0.25) is 0 Å². The van der Waals surface area contributed by atoms with Crippen LogP contribution in [0.5, 0.6) is 5.75 Å². The van der Waals surface area contributed by atoms with Crippen LogP contribution < -0.4 is 9.50 Å². The summed E-state index contributed by atoms with van der Waals surface area (Å²) >= 11 is 0. The highest BCUT2D eigenvalue weighted by Gasteiger charge is 2.23. The van der Waals surface area contributed by atoms with Gasteiger partial charge in [0, 0.05) is 0 Å². The van der Waals surface area contributed by atoms with E-state index in [1.54, 1.807) is 51.1 Å². The van der Waals surface area contributed by atoms with Crippen LogP contribution in [0.3, 0.4) is 0 Å². The number of esters is 1. The highest BCUT2D eigenvalue weighted by Crippen LogP contribution is 2.24. The first-order valence-corrected chi connectivity index (χ1v) is 10.6. The van der Waals surface area contributed by atoms with E-state index in [2.05, 4.69) is 10.1 Å². The van der Waals surface area contributed by atoms with Gasteiger partial charge in [0.2, 0.25) is 0 Å². The number of hydrogen-bond donors (Lipinski definition) is 1. The third-order valence-corrected chi connectivity index (χ3v) is 5.07. The van der Waals surface area contributed by atoms with E-state index in [4.69, 9.17) is 8.92 Å². The molecule has 162 valence electrons. The van der Waals surface area contributed by atoms with Crippen molar-refractivity contribution in [3.63, 3.8) is 0 Å². The molecule has 0 aliphatic heterocycles. The molecular formula is C21H25NO7S. The number of rotatable bonds is 7. The second-order valence-electron chi connectivity index (χ2n) is 7.40. The average Bonchev–Trinajstić information content (AvgIpc) is 2.67. The Bertz CT molecular complexity index is 965. The fraction of sp³-hybridized carbons (Fsp3) is 0.333. The molecule has 2 rings (SSSR count). The smallest absolute Gasteiger partial charge is 0.408 e. The Morgan fingerprint density at radius 1 is 1.00 bits per heavy atom. The number of nitrogens with one attached hydrogen (secondary N) is 1. The first-order chi connectivity index (χ1) is 14.0. The van der Waals surface area contributed by atoms with Gasteiger partial charge in [-0.25, -0.2) is 4.79 Å². The number of carbonyl (C=O) groups excluding carboxylic acids is 2. The monoisotopic (exact) mass is 435 g/mol. The summed E-state index contributed by atoms with van der Waals surface area (Å²) in [5.74, 6) is -0.431. The van der Waals surface area contributed by atoms with E-state index in [1.807, 2.05) is 0 Å². The lowest BCUT2D eigenvalue weighted by molar-refractivity contribution is -0.141. The molecule has 2 aromatic carbocycles. The molecule has 0 aliphatic rings. The SMILES string of the molecule is COC(=O)CC(NC(=O)OC(C)(C)C)c1ccc(OS(=O)(=O)c2ccccc2)cc1. The van der Waals surface area contributed by atoms with Gasteiger partial charge in [-0.15, -0.1) is 0 Å². The molecule has 8 nitrogen and oxygen atoms in total. The number of amides is 1. The number of methoxy groups -OCH3 is 1. The molecule has 0 spiro atoms. The summed E-state index contributed by atoms with van der Waals surface area (Å²) in [6, 6.07) is 13.0. The van der Waals surface area contributed by atoms with Gasteiger partial charge in [-0.2, -0.15) is 8.42 Å². The van der Waals surface area contributed by atoms with Crippen molar-refractivity contribution in [2.45, 2.75) is 43.7 Å². The van der Waals surface area contributed by atoms with Crippen LogP contribution >= 0.6 is 0 Å². The van der Waals surface area contributed by atoms with E-state index in [0.29, 0.717) is 5.56 Å². The lowest BCUT2D eigenvalue weighted by Crippen LogP contribution is -2.36. The van der Waals surface area contributed by atoms with Crippen molar-refractivity contribution in [2.24, 2.45) is 0 Å². The summed E-state index contributed by atoms with van der Waals surface area (Å²) in [5.41, 5.74) is -0.153. The second-order valence-corrected chi connectivity index (χ2v) is 8.94. The fourth-order valence-electron chi connectivity index (χ4n) is 2.47. The zero-order chi connectivity index (χ0) is 22.4. The number of ether oxygens (including phenoxy) is 2. The van der Waals surface area contributed by atoms with Gasteiger partial charge in [0.25, 0.3) is 0 Å². The Hall–Kier alpha value is -3.07. The minimum absolute atomic E-state index is 0.0317.